The van der Waals surface area contributed by atoms with E-state index in [0.717, 1.165) is 17.2 Å². The summed E-state index contributed by atoms with van der Waals surface area (Å²) in [4.78, 5) is 18.4. The molecule has 0 unspecified atom stereocenters. The van der Waals surface area contributed by atoms with E-state index in [9.17, 15) is 4.79 Å². The number of imidazole rings is 1. The molecule has 2 heterocycles. The number of aromatic nitrogens is 2. The Labute approximate surface area is 105 Å². The fourth-order valence-electron chi connectivity index (χ4n) is 1.74. The van der Waals surface area contributed by atoms with Crippen LogP contribution in [0.1, 0.15) is 32.9 Å². The standard InChI is InChI=1S/C13H16N2OS/c1-4-15-6-5-14-13(15)8-11(16)12-7-9(2)10(3)17-12/h5-7H,4,8H2,1-3H3. The highest BCUT2D eigenvalue weighted by atomic mass is 32.1. The lowest BCUT2D eigenvalue weighted by molar-refractivity contribution is 0.0993. The van der Waals surface area contributed by atoms with Gasteiger partial charge in [0.2, 0.25) is 0 Å². The number of ketones is 1. The second kappa shape index (κ2) is 4.84. The van der Waals surface area contributed by atoms with Crippen LogP contribution < -0.4 is 0 Å². The number of hydrogen-bond acceptors (Lipinski definition) is 3. The molecule has 17 heavy (non-hydrogen) atoms. The Bertz CT molecular complexity index is 520. The zero-order valence-corrected chi connectivity index (χ0v) is 11.2. The van der Waals surface area contributed by atoms with Gasteiger partial charge in [0.15, 0.2) is 5.78 Å². The van der Waals surface area contributed by atoms with Gasteiger partial charge in [0, 0.05) is 23.8 Å². The van der Waals surface area contributed by atoms with Crippen molar-refractivity contribution in [2.75, 3.05) is 0 Å². The van der Waals surface area contributed by atoms with Crippen LogP contribution in [0, 0.1) is 13.8 Å². The third kappa shape index (κ3) is 2.47. The molecule has 2 aromatic rings. The summed E-state index contributed by atoms with van der Waals surface area (Å²) in [6.07, 6.45) is 4.05. The summed E-state index contributed by atoms with van der Waals surface area (Å²) in [6.45, 7) is 6.99. The van der Waals surface area contributed by atoms with E-state index in [4.69, 9.17) is 0 Å². The van der Waals surface area contributed by atoms with Crippen molar-refractivity contribution in [1.82, 2.24) is 9.55 Å². The van der Waals surface area contributed by atoms with Gasteiger partial charge in [-0.1, -0.05) is 0 Å². The Morgan fingerprint density at radius 3 is 2.82 bits per heavy atom. The van der Waals surface area contributed by atoms with Crippen LogP contribution >= 0.6 is 11.3 Å². The highest BCUT2D eigenvalue weighted by Gasteiger charge is 2.13. The summed E-state index contributed by atoms with van der Waals surface area (Å²) in [7, 11) is 0. The summed E-state index contributed by atoms with van der Waals surface area (Å²) in [5, 5.41) is 0. The lowest BCUT2D eigenvalue weighted by Crippen LogP contribution is -2.08. The molecule has 0 spiro atoms. The van der Waals surface area contributed by atoms with E-state index < -0.39 is 0 Å². The van der Waals surface area contributed by atoms with Crippen LogP contribution in [0.5, 0.6) is 0 Å². The zero-order valence-electron chi connectivity index (χ0n) is 10.4. The lowest BCUT2D eigenvalue weighted by atomic mass is 10.2. The van der Waals surface area contributed by atoms with Gasteiger partial charge < -0.3 is 4.57 Å². The molecule has 0 radical (unpaired) electrons. The molecule has 0 aromatic carbocycles. The van der Waals surface area contributed by atoms with Gasteiger partial charge in [0.1, 0.15) is 5.82 Å². The monoisotopic (exact) mass is 248 g/mol. The fourth-order valence-corrected chi connectivity index (χ4v) is 2.71. The first-order valence-electron chi connectivity index (χ1n) is 5.72. The van der Waals surface area contributed by atoms with Crippen LogP contribution in [0.2, 0.25) is 0 Å². The number of aryl methyl sites for hydroxylation is 3. The Hall–Kier alpha value is -1.42. The van der Waals surface area contributed by atoms with Gasteiger partial charge in [-0.15, -0.1) is 11.3 Å². The molecular weight excluding hydrogens is 232 g/mol. The summed E-state index contributed by atoms with van der Waals surface area (Å²) in [5.74, 6) is 1.01. The van der Waals surface area contributed by atoms with E-state index in [2.05, 4.69) is 11.9 Å². The van der Waals surface area contributed by atoms with Gasteiger partial charge in [-0.2, -0.15) is 0 Å². The third-order valence-electron chi connectivity index (χ3n) is 2.90. The maximum absolute atomic E-state index is 12.1. The van der Waals surface area contributed by atoms with Crippen molar-refractivity contribution in [3.63, 3.8) is 0 Å². The molecular formula is C13H16N2OS. The second-order valence-corrected chi connectivity index (χ2v) is 5.34. The molecule has 0 bridgehead atoms. The first kappa shape index (κ1) is 12.0. The Balaban J connectivity index is 2.17. The molecule has 0 amide bonds. The van der Waals surface area contributed by atoms with Crippen LogP contribution in [-0.2, 0) is 13.0 Å². The molecule has 90 valence electrons. The largest absolute Gasteiger partial charge is 0.335 e. The van der Waals surface area contributed by atoms with Gasteiger partial charge >= 0.3 is 0 Å². The zero-order chi connectivity index (χ0) is 12.4. The SMILES string of the molecule is CCn1ccnc1CC(=O)c1cc(C)c(C)s1. The smallest absolute Gasteiger partial charge is 0.180 e. The number of nitrogens with zero attached hydrogens (tertiary/aromatic N) is 2. The van der Waals surface area contributed by atoms with E-state index in [1.807, 2.05) is 30.7 Å². The van der Waals surface area contributed by atoms with Crippen molar-refractivity contribution < 1.29 is 4.79 Å². The van der Waals surface area contributed by atoms with E-state index in [1.54, 1.807) is 17.5 Å². The summed E-state index contributed by atoms with van der Waals surface area (Å²) in [6, 6.07) is 1.97. The number of carbonyl (C=O) groups excluding carboxylic acids is 1. The van der Waals surface area contributed by atoms with Crippen LogP contribution in [0.3, 0.4) is 0 Å². The Morgan fingerprint density at radius 1 is 1.47 bits per heavy atom. The summed E-state index contributed by atoms with van der Waals surface area (Å²) >= 11 is 1.57. The van der Waals surface area contributed by atoms with Crippen LogP contribution in [0.4, 0.5) is 0 Å². The maximum Gasteiger partial charge on any atom is 0.180 e. The minimum Gasteiger partial charge on any atom is -0.335 e. The molecule has 3 nitrogen and oxygen atoms in total. The van der Waals surface area contributed by atoms with E-state index in [0.29, 0.717) is 6.42 Å². The van der Waals surface area contributed by atoms with Crippen molar-refractivity contribution in [3.8, 4) is 0 Å². The molecule has 2 rings (SSSR count). The fraction of sp³-hybridized carbons (Fsp3) is 0.385. The highest BCUT2D eigenvalue weighted by molar-refractivity contribution is 7.14. The number of rotatable bonds is 4. The molecule has 0 saturated carbocycles. The van der Waals surface area contributed by atoms with Gasteiger partial charge in [-0.25, -0.2) is 4.98 Å². The highest BCUT2D eigenvalue weighted by Crippen LogP contribution is 2.22. The van der Waals surface area contributed by atoms with Gasteiger partial charge in [0.25, 0.3) is 0 Å². The normalized spacial score (nSPS) is 10.8. The molecule has 0 atom stereocenters. The minimum atomic E-state index is 0.159. The average molecular weight is 248 g/mol. The number of carbonyl (C=O) groups is 1. The van der Waals surface area contributed by atoms with Crippen molar-refractivity contribution in [2.45, 2.75) is 33.7 Å². The molecule has 2 aromatic heterocycles. The van der Waals surface area contributed by atoms with Crippen molar-refractivity contribution in [1.29, 1.82) is 0 Å². The number of hydrogen-bond donors (Lipinski definition) is 0. The molecule has 0 saturated heterocycles. The quantitative estimate of drug-likeness (QED) is 0.780. The third-order valence-corrected chi connectivity index (χ3v) is 4.10. The Kier molecular flexibility index (Phi) is 3.43. The van der Waals surface area contributed by atoms with E-state index in [1.165, 1.54) is 10.4 Å². The van der Waals surface area contributed by atoms with Crippen molar-refractivity contribution in [3.05, 3.63) is 39.6 Å². The molecule has 0 aliphatic carbocycles. The average Bonchev–Trinajstić information content (AvgIpc) is 2.86. The predicted molar refractivity (Wildman–Crippen MR) is 69.7 cm³/mol. The molecule has 4 heteroatoms. The van der Waals surface area contributed by atoms with E-state index in [-0.39, 0.29) is 5.78 Å². The second-order valence-electron chi connectivity index (χ2n) is 4.08. The van der Waals surface area contributed by atoms with Crippen LogP contribution in [-0.4, -0.2) is 15.3 Å². The summed E-state index contributed by atoms with van der Waals surface area (Å²) in [5.41, 5.74) is 1.19. The minimum absolute atomic E-state index is 0.159. The lowest BCUT2D eigenvalue weighted by Gasteiger charge is -2.02. The van der Waals surface area contributed by atoms with Crippen molar-refractivity contribution >= 4 is 17.1 Å². The van der Waals surface area contributed by atoms with Crippen LogP contribution in [0.15, 0.2) is 18.5 Å². The van der Waals surface area contributed by atoms with Crippen LogP contribution in [0.25, 0.3) is 0 Å². The topological polar surface area (TPSA) is 34.9 Å². The van der Waals surface area contributed by atoms with Gasteiger partial charge in [-0.05, 0) is 32.4 Å². The van der Waals surface area contributed by atoms with Crippen molar-refractivity contribution in [2.24, 2.45) is 0 Å². The Morgan fingerprint density at radius 2 is 2.24 bits per heavy atom. The number of thiophene rings is 1. The van der Waals surface area contributed by atoms with Gasteiger partial charge in [0.05, 0.1) is 11.3 Å². The molecule has 0 fully saturated rings. The molecule has 0 N–H and O–H groups in total. The first-order chi connectivity index (χ1) is 8.11. The van der Waals surface area contributed by atoms with Gasteiger partial charge in [-0.3, -0.25) is 4.79 Å². The predicted octanol–water partition coefficient (Wildman–Crippen LogP) is 3.01. The number of Topliss-reactive ketones (excluding diaryl/α,β-unsaturated/α-hetero) is 1. The molecule has 0 aliphatic heterocycles. The first-order valence-corrected chi connectivity index (χ1v) is 6.53. The summed E-state index contributed by atoms with van der Waals surface area (Å²) < 4.78 is 2.01. The maximum atomic E-state index is 12.1. The van der Waals surface area contributed by atoms with E-state index >= 15 is 0 Å². The molecule has 0 aliphatic rings.